The summed E-state index contributed by atoms with van der Waals surface area (Å²) in [5, 5.41) is 0. The molecule has 186 valence electrons. The Morgan fingerprint density at radius 1 is 1.09 bits per heavy atom. The maximum atomic E-state index is 12.1. The van der Waals surface area contributed by atoms with Gasteiger partial charge in [-0.05, 0) is 87.0 Å². The zero-order valence-corrected chi connectivity index (χ0v) is 20.7. The minimum Gasteiger partial charge on any atom is -0.462 e. The molecule has 0 amide bonds. The first kappa shape index (κ1) is 21.8. The highest BCUT2D eigenvalue weighted by atomic mass is 16.8. The molecule has 0 aromatic heterocycles. The number of esters is 2. The van der Waals surface area contributed by atoms with Crippen LogP contribution in [-0.2, 0) is 28.5 Å². The molecule has 4 saturated carbocycles. The van der Waals surface area contributed by atoms with Gasteiger partial charge < -0.3 is 18.9 Å². The van der Waals surface area contributed by atoms with Gasteiger partial charge >= 0.3 is 11.9 Å². The van der Waals surface area contributed by atoms with Gasteiger partial charge in [-0.3, -0.25) is 4.79 Å². The predicted molar refractivity (Wildman–Crippen MR) is 122 cm³/mol. The molecule has 6 fully saturated rings. The highest BCUT2D eigenvalue weighted by Crippen LogP contribution is 2.79. The molecule has 7 rings (SSSR count). The third-order valence-corrected chi connectivity index (χ3v) is 11.7. The molecule has 6 nitrogen and oxygen atoms in total. The Morgan fingerprint density at radius 2 is 1.94 bits per heavy atom. The van der Waals surface area contributed by atoms with E-state index in [4.69, 9.17) is 18.9 Å². The number of fused-ring (bicyclic) bond motifs is 4. The first-order valence-corrected chi connectivity index (χ1v) is 13.7. The first-order valence-electron chi connectivity index (χ1n) is 13.7. The van der Waals surface area contributed by atoms with Crippen molar-refractivity contribution in [3.63, 3.8) is 0 Å². The van der Waals surface area contributed by atoms with Crippen molar-refractivity contribution in [3.05, 3.63) is 12.2 Å². The van der Waals surface area contributed by atoms with Crippen molar-refractivity contribution in [2.24, 2.45) is 34.5 Å². The number of hydrogen-bond acceptors (Lipinski definition) is 6. The zero-order valence-electron chi connectivity index (χ0n) is 20.7. The van der Waals surface area contributed by atoms with E-state index in [0.29, 0.717) is 41.6 Å². The molecule has 4 aliphatic carbocycles. The minimum absolute atomic E-state index is 0.0225. The van der Waals surface area contributed by atoms with Crippen molar-refractivity contribution in [1.82, 2.24) is 0 Å². The van der Waals surface area contributed by atoms with E-state index in [0.717, 1.165) is 38.5 Å². The Kier molecular flexibility index (Phi) is 4.42. The van der Waals surface area contributed by atoms with E-state index in [1.54, 1.807) is 6.08 Å². The Morgan fingerprint density at radius 3 is 2.74 bits per heavy atom. The third-order valence-electron chi connectivity index (χ3n) is 11.7. The lowest BCUT2D eigenvalue weighted by Crippen LogP contribution is -2.59. The van der Waals surface area contributed by atoms with E-state index in [9.17, 15) is 9.59 Å². The van der Waals surface area contributed by atoms with Crippen LogP contribution in [0.2, 0.25) is 0 Å². The zero-order chi connectivity index (χ0) is 23.5. The average Bonchev–Trinajstić information content (AvgIpc) is 3.68. The fourth-order valence-electron chi connectivity index (χ4n) is 9.98. The monoisotopic (exact) mass is 470 g/mol. The third kappa shape index (κ3) is 2.60. The maximum absolute atomic E-state index is 12.1. The van der Waals surface area contributed by atoms with E-state index >= 15 is 0 Å². The van der Waals surface area contributed by atoms with Crippen LogP contribution in [0.1, 0.15) is 85.0 Å². The number of epoxide rings is 2. The van der Waals surface area contributed by atoms with Gasteiger partial charge in [0, 0.05) is 23.8 Å². The molecule has 0 aromatic rings. The molecule has 7 aliphatic rings. The van der Waals surface area contributed by atoms with Crippen LogP contribution in [0.3, 0.4) is 0 Å². The summed E-state index contributed by atoms with van der Waals surface area (Å²) in [6.45, 7) is 7.00. The second-order valence-electron chi connectivity index (χ2n) is 12.8. The van der Waals surface area contributed by atoms with Gasteiger partial charge in [-0.2, -0.15) is 0 Å². The maximum Gasteiger partial charge on any atom is 0.332 e. The van der Waals surface area contributed by atoms with Crippen molar-refractivity contribution in [1.29, 1.82) is 0 Å². The van der Waals surface area contributed by atoms with Crippen molar-refractivity contribution >= 4 is 11.9 Å². The fourth-order valence-corrected chi connectivity index (χ4v) is 9.98. The summed E-state index contributed by atoms with van der Waals surface area (Å²) in [5.41, 5.74) is -0.115. The van der Waals surface area contributed by atoms with Crippen LogP contribution in [-0.4, -0.2) is 41.6 Å². The largest absolute Gasteiger partial charge is 0.462 e. The van der Waals surface area contributed by atoms with Gasteiger partial charge in [0.1, 0.15) is 11.7 Å². The summed E-state index contributed by atoms with van der Waals surface area (Å²) in [4.78, 5) is 23.8. The molecule has 3 heterocycles. The van der Waals surface area contributed by atoms with E-state index in [-0.39, 0.29) is 29.1 Å². The molecule has 11 atom stereocenters. The van der Waals surface area contributed by atoms with Gasteiger partial charge in [0.25, 0.3) is 0 Å². The summed E-state index contributed by atoms with van der Waals surface area (Å²) in [6.07, 6.45) is 13.9. The number of carbonyl (C=O) groups is 2. The first-order chi connectivity index (χ1) is 16.3. The molecule has 0 radical (unpaired) electrons. The van der Waals surface area contributed by atoms with Crippen LogP contribution >= 0.6 is 0 Å². The summed E-state index contributed by atoms with van der Waals surface area (Å²) in [5.74, 6) is 1.92. The van der Waals surface area contributed by atoms with E-state index in [2.05, 4.69) is 13.8 Å². The van der Waals surface area contributed by atoms with Crippen LogP contribution in [0.25, 0.3) is 0 Å². The highest BCUT2D eigenvalue weighted by Gasteiger charge is 2.85. The van der Waals surface area contributed by atoms with Crippen LogP contribution in [0.5, 0.6) is 0 Å². The summed E-state index contributed by atoms with van der Waals surface area (Å²) in [7, 11) is 0. The Hall–Kier alpha value is -1.40. The number of carbonyl (C=O) groups excluding carboxylic acids is 2. The van der Waals surface area contributed by atoms with Crippen LogP contribution < -0.4 is 0 Å². The summed E-state index contributed by atoms with van der Waals surface area (Å²) in [6, 6.07) is 0. The molecular weight excluding hydrogens is 432 g/mol. The second-order valence-corrected chi connectivity index (χ2v) is 12.8. The van der Waals surface area contributed by atoms with Crippen molar-refractivity contribution in [3.8, 4) is 0 Å². The van der Waals surface area contributed by atoms with Gasteiger partial charge in [0.15, 0.2) is 5.60 Å². The topological polar surface area (TPSA) is 77.7 Å². The minimum atomic E-state index is -0.430. The lowest BCUT2D eigenvalue weighted by molar-refractivity contribution is -0.168. The molecular formula is C28H38O6. The molecule has 2 saturated heterocycles. The quantitative estimate of drug-likeness (QED) is 0.438. The molecule has 0 unspecified atom stereocenters. The van der Waals surface area contributed by atoms with Gasteiger partial charge in [0.2, 0.25) is 6.29 Å². The van der Waals surface area contributed by atoms with Gasteiger partial charge in [-0.1, -0.05) is 20.8 Å². The number of ether oxygens (including phenoxy) is 4. The Labute approximate surface area is 202 Å². The molecule has 0 bridgehead atoms. The Balaban J connectivity index is 1.12. The Bertz CT molecular complexity index is 961. The molecule has 6 heteroatoms. The summed E-state index contributed by atoms with van der Waals surface area (Å²) >= 11 is 0. The molecule has 0 aromatic carbocycles. The molecule has 0 N–H and O–H groups in total. The van der Waals surface area contributed by atoms with Gasteiger partial charge in [0.05, 0.1) is 6.10 Å². The normalized spacial score (nSPS) is 56.2. The smallest absolute Gasteiger partial charge is 0.332 e. The average molecular weight is 471 g/mol. The second kappa shape index (κ2) is 6.88. The van der Waals surface area contributed by atoms with Crippen LogP contribution in [0.15, 0.2) is 12.2 Å². The molecule has 1 spiro atoms. The molecule has 3 aliphatic heterocycles. The van der Waals surface area contributed by atoms with E-state index < -0.39 is 11.9 Å². The predicted octanol–water partition coefficient (Wildman–Crippen LogP) is 4.70. The van der Waals surface area contributed by atoms with Crippen molar-refractivity contribution in [2.45, 2.75) is 115 Å². The number of hydrogen-bond donors (Lipinski definition) is 0. The SMILES string of the molecule is CCCC(=O)O[C@H]1CC[C@@]2(C)[C@H](CC[C@@H]3[C@@H]2CC[C@]2(C)[C@@H]([C@@]45C=CC(=O)O[C@@H]4O5)C[C@H]4O[C@]342)C1. The highest BCUT2D eigenvalue weighted by molar-refractivity contribution is 5.84. The lowest BCUT2D eigenvalue weighted by Gasteiger charge is -2.61. The van der Waals surface area contributed by atoms with Crippen LogP contribution in [0, 0.1) is 34.5 Å². The van der Waals surface area contributed by atoms with E-state index in [1.807, 2.05) is 13.0 Å². The van der Waals surface area contributed by atoms with Crippen molar-refractivity contribution < 1.29 is 28.5 Å². The standard InChI is InChI=1S/C28H38O6/c1-4-5-22(29)31-17-8-11-25(2)16(14-17)6-7-19-18(25)9-12-26(3)20(15-21-28(19,26)33-21)27-13-10-23(30)32-24(27)34-27/h10,13,16-21,24H,4-9,11-12,14-15H2,1-3H3/t16-,17+,18+,19-,20+,21-,24-,25+,26-,27+,28-/m1/s1. The van der Waals surface area contributed by atoms with Gasteiger partial charge in [-0.15, -0.1) is 0 Å². The van der Waals surface area contributed by atoms with Crippen LogP contribution in [0.4, 0.5) is 0 Å². The van der Waals surface area contributed by atoms with E-state index in [1.165, 1.54) is 19.3 Å². The van der Waals surface area contributed by atoms with Crippen molar-refractivity contribution in [2.75, 3.05) is 0 Å². The van der Waals surface area contributed by atoms with Gasteiger partial charge in [-0.25, -0.2) is 4.79 Å². The summed E-state index contributed by atoms with van der Waals surface area (Å²) < 4.78 is 24.1. The number of rotatable bonds is 4. The fraction of sp³-hybridized carbons (Fsp3) is 0.857. The lowest BCUT2D eigenvalue weighted by atomic mass is 9.43. The molecule has 34 heavy (non-hydrogen) atoms.